The van der Waals surface area contributed by atoms with E-state index in [9.17, 15) is 0 Å². The smallest absolute Gasteiger partial charge is 0.141 e. The van der Waals surface area contributed by atoms with E-state index in [0.717, 1.165) is 64.8 Å². The Hall–Kier alpha value is -4.06. The third-order valence-electron chi connectivity index (χ3n) is 6.44. The Labute approximate surface area is 218 Å². The molecule has 0 atom stereocenters. The first-order valence-electron chi connectivity index (χ1n) is 12.9. The fraction of sp³-hybridized carbons (Fsp3) is 0.290. The molecule has 0 unspecified atom stereocenters. The van der Waals surface area contributed by atoms with E-state index in [-0.39, 0.29) is 5.41 Å². The van der Waals surface area contributed by atoms with Gasteiger partial charge >= 0.3 is 0 Å². The zero-order chi connectivity index (χ0) is 25.8. The minimum Gasteiger partial charge on any atom is -0.487 e. The molecule has 190 valence electrons. The van der Waals surface area contributed by atoms with Crippen LogP contribution in [0.25, 0.3) is 22.4 Å². The SMILES string of the molecule is CCCCn1c(-c2cccc(Oc3ccc(C(C)(C)C)cc3)c2)nc2cc(OCc3c[nH]cn3)ccc21. The van der Waals surface area contributed by atoms with Gasteiger partial charge in [0.2, 0.25) is 0 Å². The maximum atomic E-state index is 6.22. The van der Waals surface area contributed by atoms with Crippen LogP contribution in [0.2, 0.25) is 0 Å². The monoisotopic (exact) mass is 494 g/mol. The molecule has 0 saturated heterocycles. The Morgan fingerprint density at radius 1 is 0.919 bits per heavy atom. The number of aromatic amines is 1. The average Bonchev–Trinajstić information content (AvgIpc) is 3.54. The lowest BCUT2D eigenvalue weighted by molar-refractivity contribution is 0.302. The van der Waals surface area contributed by atoms with E-state index in [0.29, 0.717) is 6.61 Å². The molecule has 0 spiro atoms. The lowest BCUT2D eigenvalue weighted by atomic mass is 9.87. The van der Waals surface area contributed by atoms with Crippen LogP contribution in [-0.2, 0) is 18.6 Å². The van der Waals surface area contributed by atoms with Gasteiger partial charge < -0.3 is 19.0 Å². The molecule has 37 heavy (non-hydrogen) atoms. The molecule has 0 aliphatic carbocycles. The number of fused-ring (bicyclic) bond motifs is 1. The lowest BCUT2D eigenvalue weighted by Crippen LogP contribution is -2.10. The van der Waals surface area contributed by atoms with Crippen molar-refractivity contribution < 1.29 is 9.47 Å². The van der Waals surface area contributed by atoms with Crippen molar-refractivity contribution in [1.29, 1.82) is 0 Å². The van der Waals surface area contributed by atoms with Gasteiger partial charge in [-0.1, -0.05) is 58.4 Å². The van der Waals surface area contributed by atoms with Crippen LogP contribution in [0.1, 0.15) is 51.8 Å². The molecule has 6 nitrogen and oxygen atoms in total. The van der Waals surface area contributed by atoms with Gasteiger partial charge in [-0.3, -0.25) is 0 Å². The summed E-state index contributed by atoms with van der Waals surface area (Å²) in [6.45, 7) is 10.2. The number of aryl methyl sites for hydroxylation is 1. The van der Waals surface area contributed by atoms with Gasteiger partial charge in [0.15, 0.2) is 0 Å². The van der Waals surface area contributed by atoms with Crippen LogP contribution >= 0.6 is 0 Å². The van der Waals surface area contributed by atoms with Gasteiger partial charge in [-0.2, -0.15) is 0 Å². The highest BCUT2D eigenvalue weighted by molar-refractivity contribution is 5.82. The summed E-state index contributed by atoms with van der Waals surface area (Å²) in [5.41, 5.74) is 5.29. The van der Waals surface area contributed by atoms with Crippen molar-refractivity contribution in [3.63, 3.8) is 0 Å². The second-order valence-electron chi connectivity index (χ2n) is 10.3. The summed E-state index contributed by atoms with van der Waals surface area (Å²) in [5.74, 6) is 3.32. The Morgan fingerprint density at radius 2 is 1.73 bits per heavy atom. The van der Waals surface area contributed by atoms with Crippen molar-refractivity contribution >= 4 is 11.0 Å². The van der Waals surface area contributed by atoms with Crippen LogP contribution in [0.15, 0.2) is 79.3 Å². The number of unbranched alkanes of at least 4 members (excludes halogenated alkanes) is 1. The predicted molar refractivity (Wildman–Crippen MR) is 148 cm³/mol. The fourth-order valence-electron chi connectivity index (χ4n) is 4.35. The van der Waals surface area contributed by atoms with Crippen LogP contribution in [0, 0.1) is 0 Å². The standard InChI is InChI=1S/C31H34N4O2/c1-5-6-16-35-29-15-14-26(36-20-24-19-32-21-33-24)18-28(29)34-30(35)22-8-7-9-27(17-22)37-25-12-10-23(11-13-25)31(2,3)4/h7-15,17-19,21H,5-6,16,20H2,1-4H3,(H,32,33). The highest BCUT2D eigenvalue weighted by Gasteiger charge is 2.15. The van der Waals surface area contributed by atoms with Gasteiger partial charge in [0.1, 0.15) is 29.7 Å². The van der Waals surface area contributed by atoms with Crippen LogP contribution in [0.4, 0.5) is 0 Å². The summed E-state index contributed by atoms with van der Waals surface area (Å²) in [6, 6.07) is 22.6. The normalized spacial score (nSPS) is 11.7. The molecule has 0 bridgehead atoms. The van der Waals surface area contributed by atoms with Crippen LogP contribution in [-0.4, -0.2) is 19.5 Å². The molecule has 2 aromatic heterocycles. The molecule has 0 aliphatic heterocycles. The fourth-order valence-corrected chi connectivity index (χ4v) is 4.35. The molecule has 2 heterocycles. The van der Waals surface area contributed by atoms with Crippen molar-refractivity contribution in [2.45, 2.75) is 59.1 Å². The van der Waals surface area contributed by atoms with E-state index < -0.39 is 0 Å². The molecule has 1 N–H and O–H groups in total. The Kier molecular flexibility index (Phi) is 6.99. The first-order chi connectivity index (χ1) is 17.9. The molecule has 5 aromatic rings. The van der Waals surface area contributed by atoms with Gasteiger partial charge in [0, 0.05) is 24.4 Å². The number of H-pyrrole nitrogens is 1. The molecular weight excluding hydrogens is 460 g/mol. The van der Waals surface area contributed by atoms with E-state index in [1.54, 1.807) is 6.33 Å². The number of rotatable bonds is 9. The zero-order valence-electron chi connectivity index (χ0n) is 22.0. The average molecular weight is 495 g/mol. The van der Waals surface area contributed by atoms with E-state index >= 15 is 0 Å². The number of nitrogens with one attached hydrogen (secondary N) is 1. The van der Waals surface area contributed by atoms with E-state index in [1.807, 2.05) is 42.6 Å². The van der Waals surface area contributed by atoms with Crippen LogP contribution in [0.5, 0.6) is 17.2 Å². The molecule has 0 fully saturated rings. The van der Waals surface area contributed by atoms with Gasteiger partial charge in [-0.25, -0.2) is 9.97 Å². The summed E-state index contributed by atoms with van der Waals surface area (Å²) in [6.07, 6.45) is 5.68. The van der Waals surface area contributed by atoms with Crippen molar-refractivity contribution in [3.05, 3.63) is 90.5 Å². The van der Waals surface area contributed by atoms with Gasteiger partial charge in [-0.15, -0.1) is 0 Å². The third-order valence-corrected chi connectivity index (χ3v) is 6.44. The minimum atomic E-state index is 0.111. The molecule has 0 saturated carbocycles. The Morgan fingerprint density at radius 3 is 2.46 bits per heavy atom. The Balaban J connectivity index is 1.43. The quantitative estimate of drug-likeness (QED) is 0.226. The van der Waals surface area contributed by atoms with Gasteiger partial charge in [-0.05, 0) is 53.8 Å². The zero-order valence-corrected chi connectivity index (χ0v) is 22.0. The van der Waals surface area contributed by atoms with Gasteiger partial charge in [0.05, 0.1) is 23.1 Å². The minimum absolute atomic E-state index is 0.111. The molecule has 0 radical (unpaired) electrons. The van der Waals surface area contributed by atoms with Crippen LogP contribution < -0.4 is 9.47 Å². The highest BCUT2D eigenvalue weighted by atomic mass is 16.5. The summed E-state index contributed by atoms with van der Waals surface area (Å²) in [5, 5.41) is 0. The van der Waals surface area contributed by atoms with E-state index in [2.05, 4.69) is 72.6 Å². The van der Waals surface area contributed by atoms with E-state index in [1.165, 1.54) is 5.56 Å². The second-order valence-corrected chi connectivity index (χ2v) is 10.3. The van der Waals surface area contributed by atoms with E-state index in [4.69, 9.17) is 14.5 Å². The molecular formula is C31H34N4O2. The number of ether oxygens (including phenoxy) is 2. The number of benzene rings is 3. The number of hydrogen-bond acceptors (Lipinski definition) is 4. The topological polar surface area (TPSA) is 65.0 Å². The second kappa shape index (κ2) is 10.5. The number of imidazole rings is 2. The molecule has 0 amide bonds. The molecule has 5 rings (SSSR count). The van der Waals surface area contributed by atoms with Crippen molar-refractivity contribution in [3.8, 4) is 28.6 Å². The Bertz CT molecular complexity index is 1460. The van der Waals surface area contributed by atoms with Crippen molar-refractivity contribution in [2.75, 3.05) is 0 Å². The van der Waals surface area contributed by atoms with Gasteiger partial charge in [0.25, 0.3) is 0 Å². The number of hydrogen-bond donors (Lipinski definition) is 1. The molecule has 0 aliphatic rings. The molecule has 3 aromatic carbocycles. The van der Waals surface area contributed by atoms with Crippen molar-refractivity contribution in [1.82, 2.24) is 19.5 Å². The molecule has 6 heteroatoms. The van der Waals surface area contributed by atoms with Crippen LogP contribution in [0.3, 0.4) is 0 Å². The third kappa shape index (κ3) is 5.69. The largest absolute Gasteiger partial charge is 0.487 e. The van der Waals surface area contributed by atoms with Crippen molar-refractivity contribution in [2.24, 2.45) is 0 Å². The first kappa shape index (κ1) is 24.6. The predicted octanol–water partition coefficient (Wildman–Crippen LogP) is 7.90. The summed E-state index contributed by atoms with van der Waals surface area (Å²) in [7, 11) is 0. The summed E-state index contributed by atoms with van der Waals surface area (Å²) >= 11 is 0. The summed E-state index contributed by atoms with van der Waals surface area (Å²) < 4.78 is 14.5. The lowest BCUT2D eigenvalue weighted by Gasteiger charge is -2.19. The summed E-state index contributed by atoms with van der Waals surface area (Å²) in [4.78, 5) is 12.2. The number of aromatic nitrogens is 4. The highest BCUT2D eigenvalue weighted by Crippen LogP contribution is 2.32. The first-order valence-corrected chi connectivity index (χ1v) is 12.9. The number of nitrogens with zero attached hydrogens (tertiary/aromatic N) is 3. The maximum Gasteiger partial charge on any atom is 0.141 e. The maximum absolute atomic E-state index is 6.22.